The zero-order valence-corrected chi connectivity index (χ0v) is 19.9. The number of carbonyl (C=O) groups excluding carboxylic acids is 1. The van der Waals surface area contributed by atoms with E-state index in [1.807, 2.05) is 72.8 Å². The Hall–Kier alpha value is -4.26. The van der Waals surface area contributed by atoms with E-state index in [1.165, 1.54) is 0 Å². The number of ether oxygens (including phenoxy) is 2. The molecular weight excluding hydrogens is 442 g/mol. The van der Waals surface area contributed by atoms with Crippen LogP contribution in [0.2, 0.25) is 0 Å². The summed E-state index contributed by atoms with van der Waals surface area (Å²) in [5, 5.41) is 10.8. The Morgan fingerprint density at radius 3 is 2.29 bits per heavy atom. The SMILES string of the molecule is CC(C)(C)OC(=O)c1nc(Cc2ncccc2-c2ccccc2)nc(O)c1OCc1ccccc1. The molecule has 0 saturated heterocycles. The van der Waals surface area contributed by atoms with Crippen LogP contribution in [0.25, 0.3) is 11.1 Å². The van der Waals surface area contributed by atoms with Crippen molar-refractivity contribution in [3.8, 4) is 22.8 Å². The van der Waals surface area contributed by atoms with Crippen LogP contribution in [0.1, 0.15) is 48.3 Å². The van der Waals surface area contributed by atoms with Gasteiger partial charge in [0.15, 0.2) is 5.69 Å². The van der Waals surface area contributed by atoms with Crippen LogP contribution in [0.5, 0.6) is 11.6 Å². The molecule has 0 unspecified atom stereocenters. The van der Waals surface area contributed by atoms with Crippen molar-refractivity contribution in [3.63, 3.8) is 0 Å². The molecule has 4 aromatic rings. The molecule has 0 spiro atoms. The molecule has 4 rings (SSSR count). The summed E-state index contributed by atoms with van der Waals surface area (Å²) in [5.41, 5.74) is 2.61. The van der Waals surface area contributed by atoms with E-state index in [0.717, 1.165) is 16.7 Å². The van der Waals surface area contributed by atoms with E-state index in [9.17, 15) is 9.90 Å². The fraction of sp³-hybridized carbons (Fsp3) is 0.214. The van der Waals surface area contributed by atoms with Gasteiger partial charge in [-0.3, -0.25) is 4.98 Å². The topological polar surface area (TPSA) is 94.4 Å². The first-order valence-electron chi connectivity index (χ1n) is 11.3. The third-order valence-electron chi connectivity index (χ3n) is 5.01. The molecule has 0 atom stereocenters. The minimum Gasteiger partial charge on any atom is -0.491 e. The fourth-order valence-electron chi connectivity index (χ4n) is 3.50. The van der Waals surface area contributed by atoms with Crippen LogP contribution in [0.15, 0.2) is 79.0 Å². The van der Waals surface area contributed by atoms with Crippen LogP contribution >= 0.6 is 0 Å². The van der Waals surface area contributed by atoms with E-state index in [1.54, 1.807) is 27.0 Å². The molecule has 0 aliphatic carbocycles. The van der Waals surface area contributed by atoms with Crippen molar-refractivity contribution in [1.82, 2.24) is 15.0 Å². The summed E-state index contributed by atoms with van der Waals surface area (Å²) in [5.74, 6) is -1.02. The summed E-state index contributed by atoms with van der Waals surface area (Å²) in [4.78, 5) is 26.2. The van der Waals surface area contributed by atoms with Crippen molar-refractivity contribution in [1.29, 1.82) is 0 Å². The minimum atomic E-state index is -0.754. The van der Waals surface area contributed by atoms with Crippen molar-refractivity contribution in [3.05, 3.63) is 102 Å². The molecule has 2 heterocycles. The maximum Gasteiger partial charge on any atom is 0.361 e. The number of pyridine rings is 1. The van der Waals surface area contributed by atoms with E-state index in [-0.39, 0.29) is 30.3 Å². The zero-order chi connectivity index (χ0) is 24.8. The fourth-order valence-corrected chi connectivity index (χ4v) is 3.50. The Labute approximate surface area is 204 Å². The Bertz CT molecular complexity index is 1300. The highest BCUT2D eigenvalue weighted by molar-refractivity contribution is 5.91. The lowest BCUT2D eigenvalue weighted by Crippen LogP contribution is -2.25. The van der Waals surface area contributed by atoms with E-state index in [4.69, 9.17) is 9.47 Å². The van der Waals surface area contributed by atoms with Crippen LogP contribution < -0.4 is 4.74 Å². The predicted molar refractivity (Wildman–Crippen MR) is 132 cm³/mol. The van der Waals surface area contributed by atoms with Crippen LogP contribution in [-0.2, 0) is 17.8 Å². The molecule has 0 fully saturated rings. The average molecular weight is 470 g/mol. The van der Waals surface area contributed by atoms with Gasteiger partial charge in [0.2, 0.25) is 5.75 Å². The molecule has 0 saturated carbocycles. The number of benzene rings is 2. The van der Waals surface area contributed by atoms with Crippen LogP contribution in [0, 0.1) is 0 Å². The maximum atomic E-state index is 13.0. The van der Waals surface area contributed by atoms with Gasteiger partial charge in [-0.25, -0.2) is 9.78 Å². The molecule has 2 aromatic heterocycles. The Morgan fingerprint density at radius 2 is 1.60 bits per heavy atom. The van der Waals surface area contributed by atoms with Crippen molar-refractivity contribution >= 4 is 5.97 Å². The average Bonchev–Trinajstić information content (AvgIpc) is 2.83. The van der Waals surface area contributed by atoms with E-state index in [0.29, 0.717) is 5.69 Å². The lowest BCUT2D eigenvalue weighted by atomic mass is 10.0. The smallest absolute Gasteiger partial charge is 0.361 e. The van der Waals surface area contributed by atoms with Gasteiger partial charge in [0.05, 0.1) is 12.1 Å². The zero-order valence-electron chi connectivity index (χ0n) is 19.9. The molecule has 0 aliphatic rings. The normalized spacial score (nSPS) is 11.2. The second-order valence-electron chi connectivity index (χ2n) is 8.96. The molecule has 0 aliphatic heterocycles. The Balaban J connectivity index is 1.70. The lowest BCUT2D eigenvalue weighted by molar-refractivity contribution is 0.00566. The van der Waals surface area contributed by atoms with Crippen molar-refractivity contribution in [2.45, 2.75) is 39.4 Å². The summed E-state index contributed by atoms with van der Waals surface area (Å²) >= 11 is 0. The van der Waals surface area contributed by atoms with Gasteiger partial charge in [-0.2, -0.15) is 4.98 Å². The van der Waals surface area contributed by atoms with E-state index >= 15 is 0 Å². The monoisotopic (exact) mass is 469 g/mol. The molecule has 0 amide bonds. The molecule has 178 valence electrons. The molecule has 7 heteroatoms. The summed E-state index contributed by atoms with van der Waals surface area (Å²) in [6.07, 6.45) is 1.89. The van der Waals surface area contributed by atoms with Gasteiger partial charge in [-0.1, -0.05) is 66.7 Å². The summed E-state index contributed by atoms with van der Waals surface area (Å²) < 4.78 is 11.3. The number of esters is 1. The highest BCUT2D eigenvalue weighted by Crippen LogP contribution is 2.31. The van der Waals surface area contributed by atoms with E-state index in [2.05, 4.69) is 15.0 Å². The van der Waals surface area contributed by atoms with Gasteiger partial charge in [-0.15, -0.1) is 0 Å². The number of aromatic hydroxyl groups is 1. The second-order valence-corrected chi connectivity index (χ2v) is 8.96. The van der Waals surface area contributed by atoms with Gasteiger partial charge >= 0.3 is 5.97 Å². The highest BCUT2D eigenvalue weighted by atomic mass is 16.6. The van der Waals surface area contributed by atoms with E-state index < -0.39 is 17.5 Å². The first-order valence-corrected chi connectivity index (χ1v) is 11.3. The van der Waals surface area contributed by atoms with Gasteiger partial charge in [0, 0.05) is 11.8 Å². The Morgan fingerprint density at radius 1 is 0.914 bits per heavy atom. The quantitative estimate of drug-likeness (QED) is 0.364. The van der Waals surface area contributed by atoms with Crippen LogP contribution in [0.3, 0.4) is 0 Å². The molecular formula is C28H27N3O4. The number of nitrogens with zero attached hydrogens (tertiary/aromatic N) is 3. The van der Waals surface area contributed by atoms with Crippen LogP contribution in [0.4, 0.5) is 0 Å². The Kier molecular flexibility index (Phi) is 7.06. The van der Waals surface area contributed by atoms with Gasteiger partial charge in [0.1, 0.15) is 18.0 Å². The summed E-state index contributed by atoms with van der Waals surface area (Å²) in [7, 11) is 0. The number of rotatable bonds is 7. The molecule has 7 nitrogen and oxygen atoms in total. The number of hydrogen-bond donors (Lipinski definition) is 1. The van der Waals surface area contributed by atoms with Crippen LogP contribution in [-0.4, -0.2) is 31.6 Å². The molecule has 2 aromatic carbocycles. The maximum absolute atomic E-state index is 13.0. The summed E-state index contributed by atoms with van der Waals surface area (Å²) in [6, 6.07) is 23.1. The highest BCUT2D eigenvalue weighted by Gasteiger charge is 2.27. The number of hydrogen-bond acceptors (Lipinski definition) is 7. The minimum absolute atomic E-state index is 0.115. The van der Waals surface area contributed by atoms with Crippen molar-refractivity contribution in [2.24, 2.45) is 0 Å². The lowest BCUT2D eigenvalue weighted by Gasteiger charge is -2.20. The molecule has 35 heavy (non-hydrogen) atoms. The van der Waals surface area contributed by atoms with Crippen molar-refractivity contribution in [2.75, 3.05) is 0 Å². The number of aromatic nitrogens is 3. The predicted octanol–water partition coefficient (Wildman–Crippen LogP) is 5.37. The molecule has 0 radical (unpaired) electrons. The largest absolute Gasteiger partial charge is 0.491 e. The third-order valence-corrected chi connectivity index (χ3v) is 5.01. The van der Waals surface area contributed by atoms with Gasteiger partial charge in [-0.05, 0) is 38.0 Å². The first kappa shape index (κ1) is 23.9. The van der Waals surface area contributed by atoms with Gasteiger partial charge < -0.3 is 14.6 Å². The molecule has 0 bridgehead atoms. The molecule has 1 N–H and O–H groups in total. The standard InChI is InChI=1S/C28H27N3O4/c1-28(2,3)35-27(33)24-25(34-18-19-11-6-4-7-12-19)26(32)31-23(30-24)17-22-21(15-10-16-29-22)20-13-8-5-9-14-20/h4-16H,17-18H2,1-3H3,(H,30,31,32). The summed E-state index contributed by atoms with van der Waals surface area (Å²) in [6.45, 7) is 5.41. The van der Waals surface area contributed by atoms with Crippen molar-refractivity contribution < 1.29 is 19.4 Å². The third kappa shape index (κ3) is 6.20. The van der Waals surface area contributed by atoms with Gasteiger partial charge in [0.25, 0.3) is 5.88 Å². The number of carbonyl (C=O) groups is 1. The second kappa shape index (κ2) is 10.3. The first-order chi connectivity index (χ1) is 16.8.